The molecule has 0 unspecified atom stereocenters. The first-order valence-electron chi connectivity index (χ1n) is 9.76. The second kappa shape index (κ2) is 8.44. The number of rotatable bonds is 0. The summed E-state index contributed by atoms with van der Waals surface area (Å²) in [6.45, 7) is 16.8. The molecule has 4 bridgehead atoms. The molecule has 0 spiro atoms. The molecule has 1 aliphatic heterocycles. The van der Waals surface area contributed by atoms with Crippen molar-refractivity contribution in [3.05, 3.63) is 58.4 Å². The van der Waals surface area contributed by atoms with E-state index in [1.807, 2.05) is 26.0 Å². The van der Waals surface area contributed by atoms with Crippen LogP contribution in [0, 0.1) is 0 Å². The number of hydrogen-bond donors (Lipinski definition) is 0. The van der Waals surface area contributed by atoms with Crippen molar-refractivity contribution < 1.29 is 21.1 Å². The van der Waals surface area contributed by atoms with Gasteiger partial charge in [0.2, 0.25) is 0 Å². The van der Waals surface area contributed by atoms with Gasteiger partial charge in [-0.1, -0.05) is 64.1 Å². The number of nitrogens with zero attached hydrogens (tertiary/aromatic N) is 4. The summed E-state index contributed by atoms with van der Waals surface area (Å²) in [4.78, 5) is 19.4. The molecular formula is C24H30N4Pt. The first kappa shape index (κ1) is 23.3. The Balaban J connectivity index is 0.00000300. The summed E-state index contributed by atoms with van der Waals surface area (Å²) in [5, 5.41) is 0. The van der Waals surface area contributed by atoms with Crippen LogP contribution in [-0.2, 0) is 31.9 Å². The van der Waals surface area contributed by atoms with E-state index in [1.54, 1.807) is 0 Å². The van der Waals surface area contributed by atoms with E-state index in [0.29, 0.717) is 0 Å². The van der Waals surface area contributed by atoms with Gasteiger partial charge in [0.15, 0.2) is 0 Å². The molecule has 0 N–H and O–H groups in total. The Labute approximate surface area is 189 Å². The molecule has 5 heteroatoms. The molecule has 0 amide bonds. The molecule has 3 rings (SSSR count). The molecule has 0 aromatic carbocycles. The molecule has 0 radical (unpaired) electrons. The van der Waals surface area contributed by atoms with Gasteiger partial charge >= 0.3 is 21.1 Å². The van der Waals surface area contributed by atoms with Gasteiger partial charge in [-0.05, 0) is 27.7 Å². The Morgan fingerprint density at radius 1 is 0.621 bits per heavy atom. The maximum absolute atomic E-state index is 4.85. The quantitative estimate of drug-likeness (QED) is 0.420. The van der Waals surface area contributed by atoms with Crippen LogP contribution in [0.1, 0.15) is 78.2 Å². The zero-order valence-electron chi connectivity index (χ0n) is 18.6. The Bertz CT molecular complexity index is 927. The van der Waals surface area contributed by atoms with Gasteiger partial charge in [-0.2, -0.15) is 0 Å². The third kappa shape index (κ3) is 4.80. The second-order valence-corrected chi connectivity index (χ2v) is 8.73. The van der Waals surface area contributed by atoms with Crippen molar-refractivity contribution in [2.24, 2.45) is 9.98 Å². The third-order valence-corrected chi connectivity index (χ3v) is 5.81. The van der Waals surface area contributed by atoms with Crippen LogP contribution in [-0.4, -0.2) is 11.4 Å². The topological polar surface area (TPSA) is 52.9 Å². The fraction of sp³-hybridized carbons (Fsp3) is 0.417. The van der Waals surface area contributed by atoms with Crippen LogP contribution in [0.4, 0.5) is 0 Å². The summed E-state index contributed by atoms with van der Waals surface area (Å²) in [6.07, 6.45) is 4.07. The maximum Gasteiger partial charge on any atom is 2.00 e. The Kier molecular flexibility index (Phi) is 6.79. The average Bonchev–Trinajstić information content (AvgIpc) is 3.23. The predicted molar refractivity (Wildman–Crippen MR) is 119 cm³/mol. The number of allylic oxidation sites excluding steroid dienone is 2. The molecule has 0 fully saturated rings. The largest absolute Gasteiger partial charge is 2.00 e. The minimum Gasteiger partial charge on any atom is -0.661 e. The van der Waals surface area contributed by atoms with Crippen molar-refractivity contribution in [2.45, 2.75) is 66.2 Å². The first-order valence-corrected chi connectivity index (χ1v) is 9.76. The fourth-order valence-electron chi connectivity index (χ4n) is 3.28. The van der Waals surface area contributed by atoms with E-state index < -0.39 is 0 Å². The molecule has 29 heavy (non-hydrogen) atoms. The predicted octanol–water partition coefficient (Wildman–Crippen LogP) is 5.51. The summed E-state index contributed by atoms with van der Waals surface area (Å²) in [5.41, 5.74) is 7.31. The molecule has 1 aliphatic rings. The zero-order chi connectivity index (χ0) is 20.7. The summed E-state index contributed by atoms with van der Waals surface area (Å²) in [6, 6.07) is 8.27. The Morgan fingerprint density at radius 3 is 1.31 bits per heavy atom. The minimum atomic E-state index is -0.252. The van der Waals surface area contributed by atoms with E-state index in [2.05, 4.69) is 65.8 Å². The van der Waals surface area contributed by atoms with Gasteiger partial charge in [0.05, 0.1) is 0 Å². The van der Waals surface area contributed by atoms with E-state index in [4.69, 9.17) is 20.0 Å². The average molecular weight is 570 g/mol. The van der Waals surface area contributed by atoms with Gasteiger partial charge in [-0.3, -0.25) is 9.98 Å². The standard InChI is InChI=1S/C24H30N4.Pt/c1-15-13-19-9-11-22(27-19)24(7,8)18(4)26-16(2)14-20-10-12-21(28-20)23(5,6)17(3)25-15;/h9-14H,1-8H3;/q-2;+2/b15-13-,16-14-,25-17?,26-18?;. The van der Waals surface area contributed by atoms with E-state index in [1.165, 1.54) is 0 Å². The van der Waals surface area contributed by atoms with Crippen molar-refractivity contribution in [3.8, 4) is 0 Å². The molecule has 0 saturated carbocycles. The van der Waals surface area contributed by atoms with Crippen molar-refractivity contribution in [1.82, 2.24) is 9.97 Å². The van der Waals surface area contributed by atoms with Gasteiger partial charge in [0, 0.05) is 33.6 Å². The Morgan fingerprint density at radius 2 is 0.966 bits per heavy atom. The summed E-state index contributed by atoms with van der Waals surface area (Å²) >= 11 is 0. The fourth-order valence-corrected chi connectivity index (χ4v) is 3.28. The van der Waals surface area contributed by atoms with Gasteiger partial charge < -0.3 is 9.97 Å². The van der Waals surface area contributed by atoms with E-state index in [0.717, 1.165) is 45.6 Å². The third-order valence-electron chi connectivity index (χ3n) is 5.81. The number of aliphatic imine (C=N–C) groups is 2. The van der Waals surface area contributed by atoms with Crippen LogP contribution in [0.3, 0.4) is 0 Å². The molecule has 3 heterocycles. The van der Waals surface area contributed by atoms with Crippen LogP contribution in [0.5, 0.6) is 0 Å². The van der Waals surface area contributed by atoms with Gasteiger partial charge in [-0.15, -0.1) is 22.8 Å². The van der Waals surface area contributed by atoms with Crippen molar-refractivity contribution in [2.75, 3.05) is 0 Å². The van der Waals surface area contributed by atoms with Crippen LogP contribution >= 0.6 is 0 Å². The molecule has 4 nitrogen and oxygen atoms in total. The number of aromatic nitrogens is 2. The Hall–Kier alpha value is -1.93. The van der Waals surface area contributed by atoms with Crippen molar-refractivity contribution >= 4 is 23.6 Å². The van der Waals surface area contributed by atoms with E-state index in [9.17, 15) is 0 Å². The van der Waals surface area contributed by atoms with Gasteiger partial charge in [-0.25, -0.2) is 0 Å². The van der Waals surface area contributed by atoms with Crippen LogP contribution in [0.25, 0.3) is 12.2 Å². The minimum absolute atomic E-state index is 0. The summed E-state index contributed by atoms with van der Waals surface area (Å²) in [5.74, 6) is 0. The number of hydrogen-bond acceptors (Lipinski definition) is 2. The normalized spacial score (nSPS) is 22.3. The molecule has 0 aliphatic carbocycles. The van der Waals surface area contributed by atoms with Gasteiger partial charge in [0.1, 0.15) is 0 Å². The number of fused-ring (bicyclic) bond motifs is 4. The van der Waals surface area contributed by atoms with E-state index in [-0.39, 0.29) is 31.9 Å². The summed E-state index contributed by atoms with van der Waals surface area (Å²) < 4.78 is 0. The zero-order valence-corrected chi connectivity index (χ0v) is 20.8. The molecule has 156 valence electrons. The van der Waals surface area contributed by atoms with Crippen LogP contribution in [0.2, 0.25) is 0 Å². The molecular weight excluding hydrogens is 539 g/mol. The maximum atomic E-state index is 4.85. The smallest absolute Gasteiger partial charge is 0.661 e. The van der Waals surface area contributed by atoms with Crippen LogP contribution < -0.4 is 9.97 Å². The molecule has 0 saturated heterocycles. The van der Waals surface area contributed by atoms with E-state index >= 15 is 0 Å². The van der Waals surface area contributed by atoms with Crippen molar-refractivity contribution in [1.29, 1.82) is 0 Å². The molecule has 2 aromatic heterocycles. The summed E-state index contributed by atoms with van der Waals surface area (Å²) in [7, 11) is 0. The molecule has 2 aromatic rings. The van der Waals surface area contributed by atoms with Crippen LogP contribution in [0.15, 0.2) is 45.6 Å². The monoisotopic (exact) mass is 569 g/mol. The van der Waals surface area contributed by atoms with Crippen molar-refractivity contribution in [3.63, 3.8) is 0 Å². The first-order chi connectivity index (χ1) is 13.0. The SMILES string of the molecule is CC1=N/C(C)=C\c2ccc([n-]2)C(C)(C)C(C)=N/C(C)=C\c2ccc([n-]2)C1(C)C.[Pt+2]. The van der Waals surface area contributed by atoms with Gasteiger partial charge in [0.25, 0.3) is 0 Å². The second-order valence-electron chi connectivity index (χ2n) is 8.73. The molecule has 0 atom stereocenters.